The van der Waals surface area contributed by atoms with Crippen molar-refractivity contribution in [1.29, 1.82) is 0 Å². The molecule has 0 heterocycles. The summed E-state index contributed by atoms with van der Waals surface area (Å²) < 4.78 is 38.2. The standard InChI is InChI=1S/C26H38F2O4/c1-25(27,28)23(29)32-22-19-11-16-12-20(22)15-26(13-16,14-19)24(30)31-21-9-7-18(8-10-21)17-5-3-2-4-6-17/h16-22H,2-15H2,1H3. The molecule has 6 fully saturated rings. The van der Waals surface area contributed by atoms with Gasteiger partial charge in [0.25, 0.3) is 0 Å². The molecule has 6 heteroatoms. The van der Waals surface area contributed by atoms with E-state index in [2.05, 4.69) is 0 Å². The average Bonchev–Trinajstić information content (AvgIpc) is 2.76. The third kappa shape index (κ3) is 4.32. The van der Waals surface area contributed by atoms with Crippen molar-refractivity contribution in [3.05, 3.63) is 0 Å². The highest BCUT2D eigenvalue weighted by atomic mass is 19.3. The predicted molar refractivity (Wildman–Crippen MR) is 115 cm³/mol. The first-order chi connectivity index (χ1) is 15.2. The highest BCUT2D eigenvalue weighted by Gasteiger charge is 2.61. The van der Waals surface area contributed by atoms with Gasteiger partial charge in [0.05, 0.1) is 5.41 Å². The van der Waals surface area contributed by atoms with Crippen LogP contribution in [0.3, 0.4) is 0 Å². The highest BCUT2D eigenvalue weighted by Crippen LogP contribution is 2.61. The van der Waals surface area contributed by atoms with Crippen LogP contribution < -0.4 is 0 Å². The molecule has 0 aromatic rings. The quantitative estimate of drug-likeness (QED) is 0.476. The second-order valence-corrected chi connectivity index (χ2v) is 11.8. The Balaban J connectivity index is 1.17. The Morgan fingerprint density at radius 2 is 1.38 bits per heavy atom. The van der Waals surface area contributed by atoms with Crippen LogP contribution in [0.15, 0.2) is 0 Å². The molecule has 6 rings (SSSR count). The monoisotopic (exact) mass is 452 g/mol. The molecule has 0 radical (unpaired) electrons. The molecule has 0 saturated heterocycles. The van der Waals surface area contributed by atoms with Crippen molar-refractivity contribution in [1.82, 2.24) is 0 Å². The van der Waals surface area contributed by atoms with Crippen LogP contribution in [0.2, 0.25) is 0 Å². The molecule has 0 aliphatic heterocycles. The third-order valence-corrected chi connectivity index (χ3v) is 9.53. The average molecular weight is 453 g/mol. The molecule has 0 spiro atoms. The number of carbonyl (C=O) groups excluding carboxylic acids is 2. The second-order valence-electron chi connectivity index (χ2n) is 11.8. The zero-order valence-corrected chi connectivity index (χ0v) is 19.3. The summed E-state index contributed by atoms with van der Waals surface area (Å²) in [7, 11) is 0. The van der Waals surface area contributed by atoms with Crippen molar-refractivity contribution in [2.75, 3.05) is 0 Å². The minimum absolute atomic E-state index is 0.00198. The van der Waals surface area contributed by atoms with Gasteiger partial charge in [0, 0.05) is 6.92 Å². The Bertz CT molecular complexity index is 702. The number of esters is 2. The van der Waals surface area contributed by atoms with E-state index in [1.54, 1.807) is 0 Å². The fourth-order valence-corrected chi connectivity index (χ4v) is 8.21. The van der Waals surface area contributed by atoms with Gasteiger partial charge in [-0.15, -0.1) is 0 Å². The number of hydrogen-bond acceptors (Lipinski definition) is 4. The highest BCUT2D eigenvalue weighted by molar-refractivity contribution is 5.78. The summed E-state index contributed by atoms with van der Waals surface area (Å²) in [5, 5.41) is 0. The van der Waals surface area contributed by atoms with Gasteiger partial charge in [-0.25, -0.2) is 4.79 Å². The second kappa shape index (κ2) is 8.54. The Labute approximate surface area is 190 Å². The molecule has 0 N–H and O–H groups in total. The van der Waals surface area contributed by atoms with Crippen LogP contribution in [0.25, 0.3) is 0 Å². The number of ether oxygens (including phenoxy) is 2. The lowest BCUT2D eigenvalue weighted by atomic mass is 9.48. The summed E-state index contributed by atoms with van der Waals surface area (Å²) in [6.07, 6.45) is 14.5. The fourth-order valence-electron chi connectivity index (χ4n) is 8.21. The minimum atomic E-state index is -3.47. The topological polar surface area (TPSA) is 52.6 Å². The summed E-state index contributed by atoms with van der Waals surface area (Å²) in [5.74, 6) is -2.87. The molecule has 2 atom stereocenters. The van der Waals surface area contributed by atoms with E-state index in [1.165, 1.54) is 44.9 Å². The normalized spacial score (nSPS) is 42.0. The molecule has 6 saturated carbocycles. The Hall–Kier alpha value is -1.20. The van der Waals surface area contributed by atoms with E-state index >= 15 is 0 Å². The largest absolute Gasteiger partial charge is 0.462 e. The Kier molecular flexibility index (Phi) is 6.03. The molecular weight excluding hydrogens is 414 g/mol. The van der Waals surface area contributed by atoms with Crippen molar-refractivity contribution >= 4 is 11.9 Å². The fraction of sp³-hybridized carbons (Fsp3) is 0.923. The number of rotatable bonds is 5. The smallest absolute Gasteiger partial charge is 0.376 e. The van der Waals surface area contributed by atoms with Crippen molar-refractivity contribution in [3.8, 4) is 0 Å². The molecule has 4 nitrogen and oxygen atoms in total. The van der Waals surface area contributed by atoms with Crippen molar-refractivity contribution < 1.29 is 27.8 Å². The molecule has 6 aliphatic carbocycles. The van der Waals surface area contributed by atoms with Gasteiger partial charge in [0.2, 0.25) is 0 Å². The van der Waals surface area contributed by atoms with Crippen LogP contribution in [0, 0.1) is 35.0 Å². The van der Waals surface area contributed by atoms with Crippen LogP contribution >= 0.6 is 0 Å². The zero-order valence-electron chi connectivity index (χ0n) is 19.3. The molecule has 2 unspecified atom stereocenters. The van der Waals surface area contributed by atoms with Crippen LogP contribution in [0.1, 0.15) is 96.8 Å². The zero-order chi connectivity index (χ0) is 22.5. The first kappa shape index (κ1) is 22.6. The summed E-state index contributed by atoms with van der Waals surface area (Å²) in [6, 6.07) is 0. The maximum atomic E-state index is 13.4. The predicted octanol–water partition coefficient (Wildman–Crippen LogP) is 6.06. The Morgan fingerprint density at radius 3 is 1.97 bits per heavy atom. The molecule has 0 aromatic heterocycles. The molecule has 4 bridgehead atoms. The number of carbonyl (C=O) groups is 2. The van der Waals surface area contributed by atoms with Crippen LogP contribution in [0.5, 0.6) is 0 Å². The number of alkyl halides is 2. The molecule has 32 heavy (non-hydrogen) atoms. The van der Waals surface area contributed by atoms with E-state index in [9.17, 15) is 18.4 Å². The number of halogens is 2. The Morgan fingerprint density at radius 1 is 0.781 bits per heavy atom. The SMILES string of the molecule is CC(F)(F)C(=O)OC1C2CC3CC1CC(C(=O)OC1CCC(C4CCCCC4)CC1)(C3)C2. The van der Waals surface area contributed by atoms with Crippen LogP contribution in [-0.2, 0) is 19.1 Å². The van der Waals surface area contributed by atoms with Crippen molar-refractivity contribution in [3.63, 3.8) is 0 Å². The molecule has 0 amide bonds. The molecule has 6 aliphatic rings. The first-order valence-electron chi connectivity index (χ1n) is 13.0. The van der Waals surface area contributed by atoms with Gasteiger partial charge in [-0.05, 0) is 87.4 Å². The van der Waals surface area contributed by atoms with E-state index < -0.39 is 23.4 Å². The van der Waals surface area contributed by atoms with Crippen LogP contribution in [-0.4, -0.2) is 30.1 Å². The van der Waals surface area contributed by atoms with Crippen LogP contribution in [0.4, 0.5) is 8.78 Å². The molecule has 0 aromatic carbocycles. The van der Waals surface area contributed by atoms with Gasteiger partial charge >= 0.3 is 17.9 Å². The minimum Gasteiger partial charge on any atom is -0.462 e. The van der Waals surface area contributed by atoms with E-state index in [1.807, 2.05) is 0 Å². The summed E-state index contributed by atoms with van der Waals surface area (Å²) in [4.78, 5) is 25.2. The van der Waals surface area contributed by atoms with Gasteiger partial charge in [-0.2, -0.15) is 8.78 Å². The van der Waals surface area contributed by atoms with Crippen molar-refractivity contribution in [2.24, 2.45) is 35.0 Å². The third-order valence-electron chi connectivity index (χ3n) is 9.53. The number of hydrogen-bond donors (Lipinski definition) is 0. The van der Waals surface area contributed by atoms with E-state index in [0.717, 1.165) is 43.9 Å². The lowest BCUT2D eigenvalue weighted by Crippen LogP contribution is -2.58. The summed E-state index contributed by atoms with van der Waals surface area (Å²) >= 11 is 0. The van der Waals surface area contributed by atoms with Gasteiger partial charge in [0.15, 0.2) is 0 Å². The van der Waals surface area contributed by atoms with E-state index in [-0.39, 0.29) is 23.9 Å². The van der Waals surface area contributed by atoms with Gasteiger partial charge in [0.1, 0.15) is 12.2 Å². The molecule has 180 valence electrons. The van der Waals surface area contributed by atoms with E-state index in [0.29, 0.717) is 25.7 Å². The van der Waals surface area contributed by atoms with E-state index in [4.69, 9.17) is 9.47 Å². The maximum absolute atomic E-state index is 13.4. The summed E-state index contributed by atoms with van der Waals surface area (Å²) in [6.45, 7) is 0.591. The van der Waals surface area contributed by atoms with Gasteiger partial charge in [-0.1, -0.05) is 32.1 Å². The lowest BCUT2D eigenvalue weighted by Gasteiger charge is -2.58. The van der Waals surface area contributed by atoms with Gasteiger partial charge < -0.3 is 9.47 Å². The lowest BCUT2D eigenvalue weighted by molar-refractivity contribution is -0.209. The first-order valence-corrected chi connectivity index (χ1v) is 13.0. The summed E-state index contributed by atoms with van der Waals surface area (Å²) in [5.41, 5.74) is -0.492. The molecular formula is C26H38F2O4. The maximum Gasteiger partial charge on any atom is 0.376 e. The van der Waals surface area contributed by atoms with Gasteiger partial charge in [-0.3, -0.25) is 4.79 Å². The van der Waals surface area contributed by atoms with Crippen molar-refractivity contribution in [2.45, 2.75) is 115 Å².